The molecule has 2 aliphatic rings. The zero-order chi connectivity index (χ0) is 17.8. The molecule has 0 saturated carbocycles. The van der Waals surface area contributed by atoms with E-state index < -0.39 is 0 Å². The van der Waals surface area contributed by atoms with Crippen LogP contribution in [0.25, 0.3) is 0 Å². The molecular weight excluding hydrogens is 316 g/mol. The number of nitrogens with zero attached hydrogens (tertiary/aromatic N) is 4. The van der Waals surface area contributed by atoms with Gasteiger partial charge in [-0.1, -0.05) is 13.8 Å². The van der Waals surface area contributed by atoms with E-state index in [0.29, 0.717) is 24.2 Å². The van der Waals surface area contributed by atoms with Crippen LogP contribution in [0.1, 0.15) is 50.5 Å². The minimum absolute atomic E-state index is 0.293. The second kappa shape index (κ2) is 8.13. The van der Waals surface area contributed by atoms with Crippen molar-refractivity contribution in [3.05, 3.63) is 17.6 Å². The maximum absolute atomic E-state index is 12.2. The van der Waals surface area contributed by atoms with Gasteiger partial charge in [0.05, 0.1) is 13.2 Å². The number of rotatable bonds is 4. The Morgan fingerprint density at radius 3 is 2.52 bits per heavy atom. The first-order valence-corrected chi connectivity index (χ1v) is 9.49. The maximum atomic E-state index is 12.2. The van der Waals surface area contributed by atoms with E-state index in [4.69, 9.17) is 9.72 Å². The van der Waals surface area contributed by atoms with Gasteiger partial charge in [-0.3, -0.25) is 4.79 Å². The third-order valence-corrected chi connectivity index (χ3v) is 5.03. The Hall–Kier alpha value is -1.69. The van der Waals surface area contributed by atoms with Gasteiger partial charge in [-0.05, 0) is 25.7 Å². The van der Waals surface area contributed by atoms with Crippen molar-refractivity contribution in [1.82, 2.24) is 14.9 Å². The van der Waals surface area contributed by atoms with E-state index in [9.17, 15) is 4.79 Å². The predicted octanol–water partition coefficient (Wildman–Crippen LogP) is 2.37. The van der Waals surface area contributed by atoms with Gasteiger partial charge in [0, 0.05) is 50.3 Å². The molecule has 0 bridgehead atoms. The number of carbonyl (C=O) groups excluding carboxylic acids is 1. The summed E-state index contributed by atoms with van der Waals surface area (Å²) in [7, 11) is 0. The molecule has 0 N–H and O–H groups in total. The van der Waals surface area contributed by atoms with E-state index in [1.165, 1.54) is 0 Å². The lowest BCUT2D eigenvalue weighted by Gasteiger charge is -2.33. The molecule has 3 rings (SSSR count). The molecule has 1 amide bonds. The first kappa shape index (κ1) is 18.1. The fourth-order valence-electron chi connectivity index (χ4n) is 3.64. The Labute approximate surface area is 150 Å². The van der Waals surface area contributed by atoms with Crippen LogP contribution < -0.4 is 4.90 Å². The van der Waals surface area contributed by atoms with Crippen LogP contribution in [0.15, 0.2) is 6.07 Å². The molecule has 3 heterocycles. The monoisotopic (exact) mass is 346 g/mol. The van der Waals surface area contributed by atoms with Crippen molar-refractivity contribution < 1.29 is 9.53 Å². The number of hydrogen-bond donors (Lipinski definition) is 0. The highest BCUT2D eigenvalue weighted by atomic mass is 16.5. The van der Waals surface area contributed by atoms with Gasteiger partial charge in [0.1, 0.15) is 11.6 Å². The number of anilines is 1. The number of carbonyl (C=O) groups is 1. The fourth-order valence-corrected chi connectivity index (χ4v) is 3.64. The molecule has 138 valence electrons. The Balaban J connectivity index is 1.64. The number of aromatic nitrogens is 2. The maximum Gasteiger partial charge on any atom is 0.222 e. The molecular formula is C19H30N4O2. The largest absolute Gasteiger partial charge is 0.378 e. The van der Waals surface area contributed by atoms with Gasteiger partial charge >= 0.3 is 0 Å². The Bertz CT molecular complexity index is 591. The molecule has 0 radical (unpaired) electrons. The minimum Gasteiger partial charge on any atom is -0.378 e. The van der Waals surface area contributed by atoms with E-state index in [2.05, 4.69) is 29.8 Å². The number of ether oxygens (including phenoxy) is 1. The molecule has 0 unspecified atom stereocenters. The van der Waals surface area contributed by atoms with Crippen LogP contribution in [0.2, 0.25) is 0 Å². The molecule has 0 atom stereocenters. The van der Waals surface area contributed by atoms with Gasteiger partial charge in [0.2, 0.25) is 5.91 Å². The lowest BCUT2D eigenvalue weighted by atomic mass is 9.92. The number of amides is 1. The van der Waals surface area contributed by atoms with Gasteiger partial charge < -0.3 is 14.5 Å². The number of likely N-dealkylation sites (tertiary alicyclic amines) is 1. The summed E-state index contributed by atoms with van der Waals surface area (Å²) in [6.07, 6.45) is 2.63. The lowest BCUT2D eigenvalue weighted by molar-refractivity contribution is -0.133. The zero-order valence-electron chi connectivity index (χ0n) is 15.7. The normalized spacial score (nSPS) is 19.5. The Morgan fingerprint density at radius 1 is 1.20 bits per heavy atom. The SMILES string of the molecule is Cc1nc(C2CCN(C(=O)CC(C)C)CC2)cc(N2CCOCC2)n1. The molecule has 2 aliphatic heterocycles. The molecule has 1 aromatic rings. The van der Waals surface area contributed by atoms with Gasteiger partial charge in [-0.2, -0.15) is 0 Å². The summed E-state index contributed by atoms with van der Waals surface area (Å²) >= 11 is 0. The van der Waals surface area contributed by atoms with Crippen LogP contribution >= 0.6 is 0 Å². The quantitative estimate of drug-likeness (QED) is 0.838. The van der Waals surface area contributed by atoms with Crippen LogP contribution in [-0.2, 0) is 9.53 Å². The van der Waals surface area contributed by atoms with Crippen molar-refractivity contribution in [1.29, 1.82) is 0 Å². The standard InChI is InChI=1S/C19H30N4O2/c1-14(2)12-19(24)23-6-4-16(5-7-23)17-13-18(21-15(3)20-17)22-8-10-25-11-9-22/h13-14,16H,4-12H2,1-3H3. The third kappa shape index (κ3) is 4.69. The van der Waals surface area contributed by atoms with Crippen LogP contribution in [0, 0.1) is 12.8 Å². The van der Waals surface area contributed by atoms with Gasteiger partial charge in [-0.15, -0.1) is 0 Å². The average Bonchev–Trinajstić information content (AvgIpc) is 2.61. The summed E-state index contributed by atoms with van der Waals surface area (Å²) in [5.74, 6) is 2.98. The Morgan fingerprint density at radius 2 is 1.88 bits per heavy atom. The summed E-state index contributed by atoms with van der Waals surface area (Å²) < 4.78 is 5.44. The number of aryl methyl sites for hydroxylation is 1. The van der Waals surface area contributed by atoms with E-state index >= 15 is 0 Å². The van der Waals surface area contributed by atoms with Crippen molar-refractivity contribution >= 4 is 11.7 Å². The summed E-state index contributed by atoms with van der Waals surface area (Å²) in [5, 5.41) is 0. The predicted molar refractivity (Wildman–Crippen MR) is 97.8 cm³/mol. The van der Waals surface area contributed by atoms with Crippen molar-refractivity contribution in [2.75, 3.05) is 44.3 Å². The van der Waals surface area contributed by atoms with E-state index in [1.807, 2.05) is 11.8 Å². The summed E-state index contributed by atoms with van der Waals surface area (Å²) in [6.45, 7) is 11.1. The molecule has 25 heavy (non-hydrogen) atoms. The highest BCUT2D eigenvalue weighted by Crippen LogP contribution is 2.29. The zero-order valence-corrected chi connectivity index (χ0v) is 15.7. The molecule has 1 aromatic heterocycles. The molecule has 6 heteroatoms. The van der Waals surface area contributed by atoms with Crippen LogP contribution in [0.3, 0.4) is 0 Å². The number of piperidine rings is 1. The molecule has 2 saturated heterocycles. The molecule has 2 fully saturated rings. The van der Waals surface area contributed by atoms with Crippen molar-refractivity contribution in [2.45, 2.75) is 46.0 Å². The van der Waals surface area contributed by atoms with Crippen molar-refractivity contribution in [3.63, 3.8) is 0 Å². The number of hydrogen-bond acceptors (Lipinski definition) is 5. The first-order valence-electron chi connectivity index (χ1n) is 9.49. The van der Waals surface area contributed by atoms with Crippen LogP contribution in [-0.4, -0.2) is 60.2 Å². The van der Waals surface area contributed by atoms with Gasteiger partial charge in [0.25, 0.3) is 0 Å². The summed E-state index contributed by atoms with van der Waals surface area (Å²) in [5.41, 5.74) is 1.13. The highest BCUT2D eigenvalue weighted by molar-refractivity contribution is 5.76. The molecule has 0 aliphatic carbocycles. The number of morpholine rings is 1. The van der Waals surface area contributed by atoms with E-state index in [-0.39, 0.29) is 0 Å². The summed E-state index contributed by atoms with van der Waals surface area (Å²) in [4.78, 5) is 25.9. The van der Waals surface area contributed by atoms with Crippen molar-refractivity contribution in [2.24, 2.45) is 5.92 Å². The second-order valence-electron chi connectivity index (χ2n) is 7.55. The second-order valence-corrected chi connectivity index (χ2v) is 7.55. The van der Waals surface area contributed by atoms with Crippen LogP contribution in [0.4, 0.5) is 5.82 Å². The highest BCUT2D eigenvalue weighted by Gasteiger charge is 2.26. The minimum atomic E-state index is 0.293. The smallest absolute Gasteiger partial charge is 0.222 e. The van der Waals surface area contributed by atoms with E-state index in [1.54, 1.807) is 0 Å². The van der Waals surface area contributed by atoms with E-state index in [0.717, 1.165) is 69.6 Å². The average molecular weight is 346 g/mol. The summed E-state index contributed by atoms with van der Waals surface area (Å²) in [6, 6.07) is 2.15. The fraction of sp³-hybridized carbons (Fsp3) is 0.737. The van der Waals surface area contributed by atoms with Gasteiger partial charge in [-0.25, -0.2) is 9.97 Å². The van der Waals surface area contributed by atoms with Crippen LogP contribution in [0.5, 0.6) is 0 Å². The molecule has 0 aromatic carbocycles. The van der Waals surface area contributed by atoms with Crippen molar-refractivity contribution in [3.8, 4) is 0 Å². The molecule has 0 spiro atoms. The Kier molecular flexibility index (Phi) is 5.89. The van der Waals surface area contributed by atoms with Gasteiger partial charge in [0.15, 0.2) is 0 Å². The molecule has 6 nitrogen and oxygen atoms in total. The topological polar surface area (TPSA) is 58.6 Å². The first-order chi connectivity index (χ1) is 12.0. The third-order valence-electron chi connectivity index (χ3n) is 5.03. The lowest BCUT2D eigenvalue weighted by Crippen LogP contribution is -2.39.